The van der Waals surface area contributed by atoms with Crippen molar-refractivity contribution in [2.75, 3.05) is 13.1 Å². The SMILES string of the molecule is CC(C)(C=[N+]1CCCC1)S(=O)(=O)[C-]1CC1. The lowest BCUT2D eigenvalue weighted by molar-refractivity contribution is -0.502. The molecule has 1 saturated heterocycles. The molecule has 0 aromatic heterocycles. The predicted octanol–water partition coefficient (Wildman–Crippen LogP) is 1.38. The van der Waals surface area contributed by atoms with Crippen LogP contribution >= 0.6 is 0 Å². The molecule has 2 aliphatic rings. The molecule has 3 nitrogen and oxygen atoms in total. The van der Waals surface area contributed by atoms with Crippen LogP contribution in [0.4, 0.5) is 0 Å². The molecule has 86 valence electrons. The van der Waals surface area contributed by atoms with Crippen molar-refractivity contribution in [1.29, 1.82) is 0 Å². The van der Waals surface area contributed by atoms with Crippen LogP contribution in [-0.2, 0) is 9.84 Å². The molecule has 0 N–H and O–H groups in total. The van der Waals surface area contributed by atoms with Gasteiger partial charge in [-0.2, -0.15) is 18.1 Å². The Morgan fingerprint density at radius 1 is 1.20 bits per heavy atom. The summed E-state index contributed by atoms with van der Waals surface area (Å²) >= 11 is 0. The molecular formula is C11H19NO2S. The smallest absolute Gasteiger partial charge is 0.157 e. The summed E-state index contributed by atoms with van der Waals surface area (Å²) in [5, 5.41) is 0.739. The van der Waals surface area contributed by atoms with Gasteiger partial charge in [0.1, 0.15) is 17.8 Å². The summed E-state index contributed by atoms with van der Waals surface area (Å²) < 4.78 is 25.6. The highest BCUT2D eigenvalue weighted by atomic mass is 32.2. The van der Waals surface area contributed by atoms with Gasteiger partial charge in [0.2, 0.25) is 0 Å². The monoisotopic (exact) mass is 229 g/mol. The first-order valence-corrected chi connectivity index (χ1v) is 7.11. The lowest BCUT2D eigenvalue weighted by Crippen LogP contribution is -2.37. The molecule has 1 aliphatic carbocycles. The Morgan fingerprint density at radius 2 is 1.73 bits per heavy atom. The molecule has 0 amide bonds. The molecule has 0 atom stereocenters. The van der Waals surface area contributed by atoms with E-state index in [1.54, 1.807) is 0 Å². The fourth-order valence-corrected chi connectivity index (χ4v) is 3.74. The van der Waals surface area contributed by atoms with Crippen LogP contribution in [-0.4, -0.2) is 37.0 Å². The minimum Gasteiger partial charge on any atom is -0.261 e. The van der Waals surface area contributed by atoms with Crippen LogP contribution in [0.3, 0.4) is 0 Å². The number of hydrogen-bond acceptors (Lipinski definition) is 2. The predicted molar refractivity (Wildman–Crippen MR) is 60.8 cm³/mol. The Morgan fingerprint density at radius 3 is 2.20 bits per heavy atom. The standard InChI is InChI=1S/C11H19NO2S/c1-11(2,9-12-7-3-4-8-12)15(13,14)10-5-6-10/h9H,3-8H2,1-2H3. The molecule has 4 heteroatoms. The number of hydrogen-bond donors (Lipinski definition) is 0. The van der Waals surface area contributed by atoms with Crippen molar-refractivity contribution in [2.24, 2.45) is 0 Å². The average molecular weight is 229 g/mol. The van der Waals surface area contributed by atoms with Crippen molar-refractivity contribution in [3.05, 3.63) is 5.25 Å². The molecule has 1 heterocycles. The fraction of sp³-hybridized carbons (Fsp3) is 0.818. The molecule has 0 radical (unpaired) electrons. The van der Waals surface area contributed by atoms with Gasteiger partial charge >= 0.3 is 0 Å². The third kappa shape index (κ3) is 2.10. The fourth-order valence-electron chi connectivity index (χ4n) is 2.07. The molecule has 2 rings (SSSR count). The van der Waals surface area contributed by atoms with Crippen molar-refractivity contribution in [3.8, 4) is 0 Å². The minimum absolute atomic E-state index is 0.719. The van der Waals surface area contributed by atoms with E-state index in [9.17, 15) is 8.42 Å². The van der Waals surface area contributed by atoms with E-state index in [0.717, 1.165) is 31.2 Å². The highest BCUT2D eigenvalue weighted by Gasteiger charge is 2.37. The van der Waals surface area contributed by atoms with Gasteiger partial charge in [-0.3, -0.25) is 8.42 Å². The molecule has 0 unspecified atom stereocenters. The van der Waals surface area contributed by atoms with E-state index in [-0.39, 0.29) is 0 Å². The van der Waals surface area contributed by atoms with Gasteiger partial charge in [-0.05, 0) is 13.8 Å². The first-order chi connectivity index (χ1) is 6.93. The van der Waals surface area contributed by atoms with Crippen molar-refractivity contribution < 1.29 is 13.0 Å². The van der Waals surface area contributed by atoms with Gasteiger partial charge in [-0.25, -0.2) is 4.58 Å². The van der Waals surface area contributed by atoms with Gasteiger partial charge in [-0.1, -0.05) is 0 Å². The zero-order chi connectivity index (χ0) is 11.1. The third-order valence-electron chi connectivity index (χ3n) is 3.16. The van der Waals surface area contributed by atoms with E-state index in [1.807, 2.05) is 20.1 Å². The Kier molecular flexibility index (Phi) is 2.65. The van der Waals surface area contributed by atoms with Crippen LogP contribution in [0.15, 0.2) is 0 Å². The first kappa shape index (κ1) is 11.1. The molecule has 0 spiro atoms. The lowest BCUT2D eigenvalue weighted by atomic mass is 10.2. The largest absolute Gasteiger partial charge is 0.261 e. The highest BCUT2D eigenvalue weighted by Crippen LogP contribution is 2.42. The molecular weight excluding hydrogens is 210 g/mol. The van der Waals surface area contributed by atoms with Crippen LogP contribution in [0.2, 0.25) is 0 Å². The normalized spacial score (nSPS) is 23.2. The Balaban J connectivity index is 2.21. The van der Waals surface area contributed by atoms with Gasteiger partial charge in [0.15, 0.2) is 6.21 Å². The maximum atomic E-state index is 12.1. The lowest BCUT2D eigenvalue weighted by Gasteiger charge is -2.25. The summed E-state index contributed by atoms with van der Waals surface area (Å²) in [6.07, 6.45) is 5.84. The second-order valence-electron chi connectivity index (χ2n) is 5.02. The number of rotatable bonds is 3. The van der Waals surface area contributed by atoms with E-state index < -0.39 is 14.6 Å². The molecule has 1 saturated carbocycles. The van der Waals surface area contributed by atoms with E-state index >= 15 is 0 Å². The van der Waals surface area contributed by atoms with Crippen molar-refractivity contribution in [3.63, 3.8) is 0 Å². The zero-order valence-corrected chi connectivity index (χ0v) is 10.3. The second kappa shape index (κ2) is 3.58. The summed E-state index contributed by atoms with van der Waals surface area (Å²) in [7, 11) is -3.03. The Bertz CT molecular complexity index is 369. The van der Waals surface area contributed by atoms with Gasteiger partial charge in [0, 0.05) is 22.7 Å². The maximum absolute atomic E-state index is 12.1. The first-order valence-electron chi connectivity index (χ1n) is 5.63. The van der Waals surface area contributed by atoms with Crippen LogP contribution < -0.4 is 0 Å². The van der Waals surface area contributed by atoms with Crippen LogP contribution in [0.1, 0.15) is 39.5 Å². The average Bonchev–Trinajstić information content (AvgIpc) is 2.87. The summed E-state index contributed by atoms with van der Waals surface area (Å²) in [6, 6.07) is 0. The van der Waals surface area contributed by atoms with Crippen LogP contribution in [0, 0.1) is 5.25 Å². The van der Waals surface area contributed by atoms with Gasteiger partial charge in [0.25, 0.3) is 0 Å². The van der Waals surface area contributed by atoms with Gasteiger partial charge in [0.05, 0.1) is 0 Å². The van der Waals surface area contributed by atoms with Gasteiger partial charge in [-0.15, -0.1) is 0 Å². The van der Waals surface area contributed by atoms with Crippen molar-refractivity contribution in [2.45, 2.75) is 44.3 Å². The third-order valence-corrected chi connectivity index (χ3v) is 5.82. The number of nitrogens with zero attached hydrogens (tertiary/aromatic N) is 1. The molecule has 0 aromatic rings. The zero-order valence-electron chi connectivity index (χ0n) is 9.49. The molecule has 1 aliphatic heterocycles. The molecule has 2 fully saturated rings. The number of sulfone groups is 1. The van der Waals surface area contributed by atoms with E-state index in [0.29, 0.717) is 0 Å². The second-order valence-corrected chi connectivity index (χ2v) is 7.65. The van der Waals surface area contributed by atoms with E-state index in [1.165, 1.54) is 12.8 Å². The maximum Gasteiger partial charge on any atom is 0.157 e. The highest BCUT2D eigenvalue weighted by molar-refractivity contribution is 7.96. The summed E-state index contributed by atoms with van der Waals surface area (Å²) in [6.45, 7) is 5.64. The van der Waals surface area contributed by atoms with Crippen molar-refractivity contribution >= 4 is 16.1 Å². The van der Waals surface area contributed by atoms with Crippen LogP contribution in [0.25, 0.3) is 0 Å². The molecule has 0 aromatic carbocycles. The quantitative estimate of drug-likeness (QED) is 0.541. The van der Waals surface area contributed by atoms with Crippen molar-refractivity contribution in [1.82, 2.24) is 0 Å². The summed E-state index contributed by atoms with van der Waals surface area (Å²) in [4.78, 5) is 0. The topological polar surface area (TPSA) is 37.1 Å². The van der Waals surface area contributed by atoms with Gasteiger partial charge < -0.3 is 0 Å². The van der Waals surface area contributed by atoms with E-state index in [2.05, 4.69) is 4.58 Å². The Hall–Kier alpha value is -0.380. The summed E-state index contributed by atoms with van der Waals surface area (Å²) in [5.74, 6) is 0. The van der Waals surface area contributed by atoms with Crippen LogP contribution in [0.5, 0.6) is 0 Å². The minimum atomic E-state index is -3.03. The summed E-state index contributed by atoms with van der Waals surface area (Å²) in [5.41, 5.74) is 0. The Labute approximate surface area is 92.1 Å². The molecule has 0 bridgehead atoms. The van der Waals surface area contributed by atoms with E-state index in [4.69, 9.17) is 0 Å². The molecule has 15 heavy (non-hydrogen) atoms.